The lowest BCUT2D eigenvalue weighted by Crippen LogP contribution is -2.22. The lowest BCUT2D eigenvalue weighted by molar-refractivity contribution is -0.137. The van der Waals surface area contributed by atoms with E-state index in [4.69, 9.17) is 5.11 Å². The average Bonchev–Trinajstić information content (AvgIpc) is 2.65. The Morgan fingerprint density at radius 2 is 2.07 bits per heavy atom. The van der Waals surface area contributed by atoms with E-state index in [1.807, 2.05) is 0 Å². The van der Waals surface area contributed by atoms with E-state index >= 15 is 0 Å². The van der Waals surface area contributed by atoms with Crippen molar-refractivity contribution in [2.24, 2.45) is 5.41 Å². The largest absolute Gasteiger partial charge is 0.481 e. The van der Waals surface area contributed by atoms with Crippen molar-refractivity contribution in [2.75, 3.05) is 6.54 Å². The molecule has 0 heterocycles. The van der Waals surface area contributed by atoms with Crippen LogP contribution < -0.4 is 4.72 Å². The van der Waals surface area contributed by atoms with E-state index in [1.165, 1.54) is 25.7 Å². The molecule has 0 unspecified atom stereocenters. The molecule has 1 saturated carbocycles. The fraction of sp³-hybridized carbons (Fsp3) is 0.900. The van der Waals surface area contributed by atoms with E-state index in [2.05, 4.69) is 25.9 Å². The summed E-state index contributed by atoms with van der Waals surface area (Å²) in [4.78, 5) is 10.6. The van der Waals surface area contributed by atoms with Gasteiger partial charge in [0.15, 0.2) is 0 Å². The molecule has 0 spiro atoms. The summed E-state index contributed by atoms with van der Waals surface area (Å²) in [6.07, 6.45) is 7.29. The molecule has 0 aromatic rings. The van der Waals surface area contributed by atoms with E-state index < -0.39 is 5.97 Å². The third-order valence-electron chi connectivity index (χ3n) is 3.35. The number of carboxylic acid groups (broad SMARTS) is 1. The van der Waals surface area contributed by atoms with Crippen molar-refractivity contribution < 1.29 is 9.90 Å². The second-order valence-electron chi connectivity index (χ2n) is 4.32. The van der Waals surface area contributed by atoms with Crippen LogP contribution in [-0.4, -0.2) is 17.6 Å². The molecule has 1 aliphatic carbocycles. The smallest absolute Gasteiger partial charge is 0.303 e. The molecule has 5 heteroatoms. The van der Waals surface area contributed by atoms with Crippen molar-refractivity contribution in [3.63, 3.8) is 0 Å². The maximum absolute atomic E-state index is 10.6. The maximum atomic E-state index is 10.6. The molecule has 2 N–H and O–H groups in total. The van der Waals surface area contributed by atoms with Crippen LogP contribution in [0.1, 0.15) is 44.9 Å². The molecule has 1 aliphatic rings. The Morgan fingerprint density at radius 3 is 2.60 bits per heavy atom. The normalized spacial score (nSPS) is 19.3. The average molecular weight is 343 g/mol. The minimum absolute atomic E-state index is 0.317. The van der Waals surface area contributed by atoms with Crippen LogP contribution in [0.2, 0.25) is 0 Å². The van der Waals surface area contributed by atoms with Gasteiger partial charge in [0.2, 0.25) is 0 Å². The van der Waals surface area contributed by atoms with Gasteiger partial charge < -0.3 is 5.11 Å². The Bertz CT molecular complexity index is 208. The molecular weight excluding hydrogens is 325 g/mol. The van der Waals surface area contributed by atoms with Gasteiger partial charge >= 0.3 is 5.97 Å². The van der Waals surface area contributed by atoms with Crippen LogP contribution in [0.4, 0.5) is 0 Å². The van der Waals surface area contributed by atoms with Gasteiger partial charge in [0.25, 0.3) is 0 Å². The molecule has 88 valence electrons. The van der Waals surface area contributed by atoms with Gasteiger partial charge in [-0.25, -0.2) is 0 Å². The third kappa shape index (κ3) is 4.91. The topological polar surface area (TPSA) is 49.3 Å². The first-order chi connectivity index (χ1) is 7.18. The SMILES string of the molecule is O=C(O)CCC1(CCNSI)CCCC1. The second-order valence-corrected chi connectivity index (χ2v) is 6.09. The zero-order valence-electron chi connectivity index (χ0n) is 8.80. The number of carboxylic acids is 1. The van der Waals surface area contributed by atoms with E-state index in [9.17, 15) is 4.79 Å². The Balaban J connectivity index is 2.35. The van der Waals surface area contributed by atoms with Crippen LogP contribution in [0.25, 0.3) is 0 Å². The molecule has 0 atom stereocenters. The van der Waals surface area contributed by atoms with Crippen LogP contribution in [0.15, 0.2) is 0 Å². The molecular formula is C10H18INO2S. The summed E-state index contributed by atoms with van der Waals surface area (Å²) in [5.41, 5.74) is 0.317. The molecule has 0 amide bonds. The highest BCUT2D eigenvalue weighted by Crippen LogP contribution is 2.44. The van der Waals surface area contributed by atoms with E-state index in [-0.39, 0.29) is 0 Å². The fourth-order valence-electron chi connectivity index (χ4n) is 2.48. The first-order valence-corrected chi connectivity index (χ1v) is 8.77. The highest BCUT2D eigenvalue weighted by molar-refractivity contribution is 14.2. The van der Waals surface area contributed by atoms with Crippen molar-refractivity contribution in [3.05, 3.63) is 0 Å². The monoisotopic (exact) mass is 343 g/mol. The number of hydrogen-bond donors (Lipinski definition) is 2. The van der Waals surface area contributed by atoms with Crippen molar-refractivity contribution in [3.8, 4) is 0 Å². The van der Waals surface area contributed by atoms with Gasteiger partial charge in [-0.15, -0.1) is 0 Å². The van der Waals surface area contributed by atoms with Gasteiger partial charge in [-0.3, -0.25) is 9.52 Å². The summed E-state index contributed by atoms with van der Waals surface area (Å²) in [5, 5.41) is 8.74. The molecule has 15 heavy (non-hydrogen) atoms. The summed E-state index contributed by atoms with van der Waals surface area (Å²) in [5.74, 6) is -0.655. The molecule has 0 aliphatic heterocycles. The van der Waals surface area contributed by atoms with Gasteiger partial charge in [-0.05, 0) is 40.2 Å². The molecule has 0 aromatic carbocycles. The number of carbonyl (C=O) groups is 1. The van der Waals surface area contributed by atoms with Crippen LogP contribution >= 0.6 is 30.3 Å². The highest BCUT2D eigenvalue weighted by Gasteiger charge is 2.33. The number of nitrogens with one attached hydrogen (secondary N) is 1. The number of aliphatic carboxylic acids is 1. The quantitative estimate of drug-likeness (QED) is 0.423. The number of halogens is 1. The predicted molar refractivity (Wildman–Crippen MR) is 72.0 cm³/mol. The summed E-state index contributed by atoms with van der Waals surface area (Å²) < 4.78 is 3.24. The lowest BCUT2D eigenvalue weighted by Gasteiger charge is -2.28. The summed E-state index contributed by atoms with van der Waals surface area (Å²) in [6, 6.07) is 0. The van der Waals surface area contributed by atoms with Crippen molar-refractivity contribution in [2.45, 2.75) is 44.9 Å². The van der Waals surface area contributed by atoms with E-state index in [0.717, 1.165) is 19.4 Å². The van der Waals surface area contributed by atoms with Gasteiger partial charge in [-0.2, -0.15) is 0 Å². The van der Waals surface area contributed by atoms with Crippen molar-refractivity contribution >= 4 is 36.3 Å². The van der Waals surface area contributed by atoms with Crippen LogP contribution in [0, 0.1) is 5.41 Å². The second kappa shape index (κ2) is 6.96. The predicted octanol–water partition coefficient (Wildman–Crippen LogP) is 3.39. The zero-order chi connectivity index (χ0) is 11.1. The summed E-state index contributed by atoms with van der Waals surface area (Å²) >= 11 is 2.22. The molecule has 1 fully saturated rings. The third-order valence-corrected chi connectivity index (χ3v) is 4.59. The Labute approximate surface area is 107 Å². The Hall–Kier alpha value is 0.510. The minimum atomic E-state index is -0.655. The maximum Gasteiger partial charge on any atom is 0.303 e. The molecule has 3 nitrogen and oxygen atoms in total. The summed E-state index contributed by atoms with van der Waals surface area (Å²) in [6.45, 7) is 0.993. The van der Waals surface area contributed by atoms with Gasteiger partial charge in [0, 0.05) is 34.2 Å². The molecule has 1 rings (SSSR count). The zero-order valence-corrected chi connectivity index (χ0v) is 11.8. The molecule has 0 saturated heterocycles. The first-order valence-electron chi connectivity index (χ1n) is 5.41. The molecule has 0 bridgehead atoms. The van der Waals surface area contributed by atoms with Gasteiger partial charge in [0.1, 0.15) is 0 Å². The van der Waals surface area contributed by atoms with Crippen LogP contribution in [0.3, 0.4) is 0 Å². The minimum Gasteiger partial charge on any atom is -0.481 e. The van der Waals surface area contributed by atoms with Crippen molar-refractivity contribution in [1.29, 1.82) is 0 Å². The lowest BCUT2D eigenvalue weighted by atomic mass is 9.78. The van der Waals surface area contributed by atoms with Gasteiger partial charge in [-0.1, -0.05) is 12.8 Å². The number of hydrogen-bond acceptors (Lipinski definition) is 3. The standard InChI is InChI=1S/C10H18INO2S/c11-15-12-8-7-10(4-1-2-5-10)6-3-9(13)14/h12H,1-8H2,(H,13,14). The van der Waals surface area contributed by atoms with E-state index in [0.29, 0.717) is 11.8 Å². The van der Waals surface area contributed by atoms with E-state index in [1.54, 1.807) is 9.12 Å². The molecule has 0 radical (unpaired) electrons. The Kier molecular flexibility index (Phi) is 6.30. The summed E-state index contributed by atoms with van der Waals surface area (Å²) in [7, 11) is 1.61. The van der Waals surface area contributed by atoms with Crippen LogP contribution in [0.5, 0.6) is 0 Å². The first kappa shape index (κ1) is 13.6. The highest BCUT2D eigenvalue weighted by atomic mass is 127. The van der Waals surface area contributed by atoms with Crippen LogP contribution in [-0.2, 0) is 4.79 Å². The fourth-order valence-corrected chi connectivity index (χ4v) is 3.32. The molecule has 0 aromatic heterocycles. The Morgan fingerprint density at radius 1 is 1.40 bits per heavy atom. The number of rotatable bonds is 7. The van der Waals surface area contributed by atoms with Crippen molar-refractivity contribution in [1.82, 2.24) is 4.72 Å². The van der Waals surface area contributed by atoms with Gasteiger partial charge in [0.05, 0.1) is 0 Å².